The lowest BCUT2D eigenvalue weighted by atomic mass is 9.97. The summed E-state index contributed by atoms with van der Waals surface area (Å²) in [5, 5.41) is 4.10. The van der Waals surface area contributed by atoms with E-state index in [1.165, 1.54) is 0 Å². The number of aromatic nitrogens is 2. The van der Waals surface area contributed by atoms with Gasteiger partial charge in [-0.2, -0.15) is 0 Å². The number of benzene rings is 2. The number of fused-ring (bicyclic) bond motifs is 1. The highest BCUT2D eigenvalue weighted by molar-refractivity contribution is 6.31. The van der Waals surface area contributed by atoms with E-state index in [4.69, 9.17) is 11.6 Å². The minimum absolute atomic E-state index is 0.121. The highest BCUT2D eigenvalue weighted by Gasteiger charge is 2.22. The number of aliphatic imine (C=N–C) groups is 1. The first-order valence-electron chi connectivity index (χ1n) is 11.1. The number of anilines is 1. The van der Waals surface area contributed by atoms with Crippen LogP contribution in [0.3, 0.4) is 0 Å². The predicted octanol–water partition coefficient (Wildman–Crippen LogP) is 6.49. The summed E-state index contributed by atoms with van der Waals surface area (Å²) < 4.78 is 0. The van der Waals surface area contributed by atoms with Gasteiger partial charge in [0.05, 0.1) is 17.2 Å². The number of hydrogen-bond donors (Lipinski definition) is 1. The number of hydrogen-bond acceptors (Lipinski definition) is 5. The predicted molar refractivity (Wildman–Crippen MR) is 132 cm³/mol. The van der Waals surface area contributed by atoms with E-state index in [1.54, 1.807) is 6.20 Å². The minimum Gasteiger partial charge on any atom is -0.366 e. The van der Waals surface area contributed by atoms with Gasteiger partial charge in [0.1, 0.15) is 11.5 Å². The van der Waals surface area contributed by atoms with Crippen molar-refractivity contribution in [3.05, 3.63) is 71.0 Å². The van der Waals surface area contributed by atoms with Crippen molar-refractivity contribution in [1.29, 1.82) is 0 Å². The van der Waals surface area contributed by atoms with Gasteiger partial charge in [-0.3, -0.25) is 14.8 Å². The van der Waals surface area contributed by atoms with Gasteiger partial charge in [-0.25, -0.2) is 4.98 Å². The molecule has 6 heteroatoms. The Morgan fingerprint density at radius 2 is 1.97 bits per heavy atom. The number of rotatable bonds is 9. The Morgan fingerprint density at radius 3 is 2.75 bits per heavy atom. The molecule has 0 saturated carbocycles. The second kappa shape index (κ2) is 10.0. The van der Waals surface area contributed by atoms with E-state index >= 15 is 0 Å². The van der Waals surface area contributed by atoms with Crippen LogP contribution in [-0.4, -0.2) is 27.5 Å². The second-order valence-corrected chi connectivity index (χ2v) is 8.61. The summed E-state index contributed by atoms with van der Waals surface area (Å²) in [5.41, 5.74) is 5.33. The number of allylic oxidation sites excluding steroid dienone is 2. The molecule has 3 aromatic rings. The zero-order chi connectivity index (χ0) is 22.5. The van der Waals surface area contributed by atoms with Crippen LogP contribution >= 0.6 is 11.6 Å². The highest BCUT2D eigenvalue weighted by Crippen LogP contribution is 2.30. The van der Waals surface area contributed by atoms with Crippen molar-refractivity contribution >= 4 is 45.5 Å². The molecule has 1 aliphatic rings. The van der Waals surface area contributed by atoms with Gasteiger partial charge in [-0.05, 0) is 55.5 Å². The Kier molecular flexibility index (Phi) is 6.96. The van der Waals surface area contributed by atoms with Gasteiger partial charge in [-0.15, -0.1) is 0 Å². The molecule has 2 heterocycles. The van der Waals surface area contributed by atoms with Crippen molar-refractivity contribution in [2.45, 2.75) is 52.0 Å². The second-order valence-electron chi connectivity index (χ2n) is 8.17. The van der Waals surface area contributed by atoms with E-state index in [1.807, 2.05) is 55.5 Å². The molecule has 32 heavy (non-hydrogen) atoms. The number of Topliss-reactive ketones (excluding diaryl/α,β-unsaturated/α-hetero) is 1. The fourth-order valence-corrected chi connectivity index (χ4v) is 4.18. The van der Waals surface area contributed by atoms with Crippen molar-refractivity contribution in [2.75, 3.05) is 5.32 Å². The molecule has 0 radical (unpaired) electrons. The summed E-state index contributed by atoms with van der Waals surface area (Å²) >= 11 is 6.08. The van der Waals surface area contributed by atoms with Crippen LogP contribution in [0.15, 0.2) is 65.4 Å². The molecule has 0 bridgehead atoms. The molecule has 164 valence electrons. The van der Waals surface area contributed by atoms with Crippen LogP contribution in [0.5, 0.6) is 0 Å². The van der Waals surface area contributed by atoms with Crippen LogP contribution in [0.25, 0.3) is 16.6 Å². The third-order valence-corrected chi connectivity index (χ3v) is 5.95. The highest BCUT2D eigenvalue weighted by atomic mass is 35.5. The number of nitrogens with zero attached hydrogens (tertiary/aromatic N) is 3. The third-order valence-electron chi connectivity index (χ3n) is 5.71. The normalized spacial score (nSPS) is 14.5. The van der Waals surface area contributed by atoms with E-state index in [2.05, 4.69) is 27.2 Å². The van der Waals surface area contributed by atoms with E-state index in [0.717, 1.165) is 59.4 Å². The fourth-order valence-electron chi connectivity index (χ4n) is 4.02. The van der Waals surface area contributed by atoms with E-state index in [0.29, 0.717) is 17.1 Å². The quantitative estimate of drug-likeness (QED) is 0.408. The maximum atomic E-state index is 13.0. The molecule has 0 unspecified atom stereocenters. The summed E-state index contributed by atoms with van der Waals surface area (Å²) in [4.78, 5) is 26.6. The maximum absolute atomic E-state index is 13.0. The maximum Gasteiger partial charge on any atom is 0.181 e. The zero-order valence-corrected chi connectivity index (χ0v) is 19.2. The van der Waals surface area contributed by atoms with Crippen LogP contribution in [0, 0.1) is 0 Å². The van der Waals surface area contributed by atoms with Crippen molar-refractivity contribution in [3.63, 3.8) is 0 Å². The first kappa shape index (κ1) is 22.2. The van der Waals surface area contributed by atoms with Gasteiger partial charge < -0.3 is 5.32 Å². The van der Waals surface area contributed by atoms with Crippen LogP contribution in [-0.2, 0) is 4.79 Å². The Morgan fingerprint density at radius 1 is 1.16 bits per heavy atom. The van der Waals surface area contributed by atoms with E-state index in [-0.39, 0.29) is 11.8 Å². The molecule has 2 aromatic carbocycles. The summed E-state index contributed by atoms with van der Waals surface area (Å²) in [6, 6.07) is 15.8. The molecule has 1 aromatic heterocycles. The summed E-state index contributed by atoms with van der Waals surface area (Å²) in [5.74, 6) is 0.846. The van der Waals surface area contributed by atoms with Crippen molar-refractivity contribution in [1.82, 2.24) is 9.97 Å². The average molecular weight is 447 g/mol. The Bertz CT molecular complexity index is 1190. The lowest BCUT2D eigenvalue weighted by Gasteiger charge is -2.17. The molecule has 0 amide bonds. The van der Waals surface area contributed by atoms with Crippen LogP contribution in [0.2, 0.25) is 5.02 Å². The number of ketones is 1. The summed E-state index contributed by atoms with van der Waals surface area (Å²) in [6.45, 7) is 4.11. The molecule has 1 aliphatic heterocycles. The number of halogens is 1. The number of nitrogens with one attached hydrogen (secondary N) is 1. The molecule has 0 fully saturated rings. The molecule has 0 spiro atoms. The molecular formula is C26H27ClN4O. The van der Waals surface area contributed by atoms with Crippen LogP contribution < -0.4 is 5.32 Å². The molecular weight excluding hydrogens is 420 g/mol. The molecule has 0 saturated heterocycles. The van der Waals surface area contributed by atoms with Crippen molar-refractivity contribution in [2.24, 2.45) is 4.99 Å². The van der Waals surface area contributed by atoms with Crippen molar-refractivity contribution < 1.29 is 4.79 Å². The molecule has 1 N–H and O–H groups in total. The third kappa shape index (κ3) is 5.22. The van der Waals surface area contributed by atoms with Gasteiger partial charge in [0.2, 0.25) is 0 Å². The topological polar surface area (TPSA) is 67.2 Å². The van der Waals surface area contributed by atoms with E-state index < -0.39 is 0 Å². The van der Waals surface area contributed by atoms with Gasteiger partial charge in [-0.1, -0.05) is 48.9 Å². The largest absolute Gasteiger partial charge is 0.366 e. The monoisotopic (exact) mass is 446 g/mol. The first-order chi connectivity index (χ1) is 15.5. The van der Waals surface area contributed by atoms with Gasteiger partial charge >= 0.3 is 0 Å². The minimum atomic E-state index is 0.121. The summed E-state index contributed by atoms with van der Waals surface area (Å²) in [6.07, 6.45) is 5.57. The smallest absolute Gasteiger partial charge is 0.181 e. The van der Waals surface area contributed by atoms with Gasteiger partial charge in [0.15, 0.2) is 5.78 Å². The standard InChI is InChI=1S/C26H27ClN4O/c1-3-20(30-25-16-28-22-13-12-19(27)15-23(22)31-25)10-7-11-24(32)26-21(14-17(2)29-26)18-8-5-4-6-9-18/h4-6,8-9,12-13,15-16,20H,3,7,10-11,14H2,1-2H3,(H,30,31)/t20-/m0/s1. The molecule has 1 atom stereocenters. The Labute approximate surface area is 193 Å². The molecule has 5 nitrogen and oxygen atoms in total. The average Bonchev–Trinajstić information content (AvgIpc) is 3.20. The van der Waals surface area contributed by atoms with Crippen molar-refractivity contribution in [3.8, 4) is 0 Å². The molecule has 0 aliphatic carbocycles. The molecule has 4 rings (SSSR count). The van der Waals surface area contributed by atoms with Crippen LogP contribution in [0.4, 0.5) is 5.82 Å². The Balaban J connectivity index is 1.38. The fraction of sp³-hybridized carbons (Fsp3) is 0.308. The van der Waals surface area contributed by atoms with Crippen LogP contribution in [0.1, 0.15) is 51.5 Å². The lowest BCUT2D eigenvalue weighted by molar-refractivity contribution is -0.115. The van der Waals surface area contributed by atoms with E-state index in [9.17, 15) is 4.79 Å². The number of carbonyl (C=O) groups is 1. The summed E-state index contributed by atoms with van der Waals surface area (Å²) in [7, 11) is 0. The first-order valence-corrected chi connectivity index (χ1v) is 11.5. The van der Waals surface area contributed by atoms with Gasteiger partial charge in [0, 0.05) is 29.6 Å². The lowest BCUT2D eigenvalue weighted by Crippen LogP contribution is -2.19. The number of carbonyl (C=O) groups excluding carboxylic acids is 1. The zero-order valence-electron chi connectivity index (χ0n) is 18.4. The van der Waals surface area contributed by atoms with Gasteiger partial charge in [0.25, 0.3) is 0 Å². The SMILES string of the molecule is CC[C@@H](CCCC(=O)C1=C(c2ccccc2)CC(C)=N1)Nc1cnc2ccc(Cl)cc2n1. The Hall–Kier alpha value is -3.05.